The molecule has 0 aliphatic heterocycles. The van der Waals surface area contributed by atoms with Crippen LogP contribution in [-0.4, -0.2) is 26.0 Å². The summed E-state index contributed by atoms with van der Waals surface area (Å²) in [6.45, 7) is 0. The molecule has 0 amide bonds. The van der Waals surface area contributed by atoms with Crippen molar-refractivity contribution in [1.82, 2.24) is 15.0 Å². The Morgan fingerprint density at radius 1 is 1.33 bits per heavy atom. The largest absolute Gasteiger partial charge is 0.477 e. The van der Waals surface area contributed by atoms with E-state index in [1.807, 2.05) is 30.5 Å². The van der Waals surface area contributed by atoms with Gasteiger partial charge in [-0.05, 0) is 11.6 Å². The Kier molecular flexibility index (Phi) is 2.37. The maximum absolute atomic E-state index is 10.8. The van der Waals surface area contributed by atoms with Crippen molar-refractivity contribution in [3.63, 3.8) is 0 Å². The lowest BCUT2D eigenvalue weighted by Crippen LogP contribution is -1.97. The summed E-state index contributed by atoms with van der Waals surface area (Å²) in [6.07, 6.45) is 3.84. The number of nitrogens with one attached hydrogen (secondary N) is 2. The Morgan fingerprint density at radius 2 is 2.17 bits per heavy atom. The van der Waals surface area contributed by atoms with E-state index in [1.165, 1.54) is 6.20 Å². The lowest BCUT2D eigenvalue weighted by Gasteiger charge is -1.96. The zero-order chi connectivity index (χ0) is 12.5. The fourth-order valence-electron chi connectivity index (χ4n) is 2.02. The molecule has 3 aromatic rings. The van der Waals surface area contributed by atoms with Gasteiger partial charge in [0.05, 0.1) is 6.20 Å². The van der Waals surface area contributed by atoms with Crippen molar-refractivity contribution in [2.75, 3.05) is 0 Å². The number of aromatic amines is 2. The topological polar surface area (TPSA) is 81.8 Å². The molecule has 0 saturated heterocycles. The van der Waals surface area contributed by atoms with Crippen LogP contribution in [-0.2, 0) is 6.42 Å². The zero-order valence-electron chi connectivity index (χ0n) is 9.47. The smallest absolute Gasteiger partial charge is 0.353 e. The van der Waals surface area contributed by atoms with E-state index in [4.69, 9.17) is 5.11 Å². The average Bonchev–Trinajstić information content (AvgIpc) is 2.98. The second kappa shape index (κ2) is 4.03. The quantitative estimate of drug-likeness (QED) is 0.657. The van der Waals surface area contributed by atoms with Crippen molar-refractivity contribution < 1.29 is 9.90 Å². The summed E-state index contributed by atoms with van der Waals surface area (Å²) in [5.41, 5.74) is 2.28. The Hall–Kier alpha value is -2.56. The highest BCUT2D eigenvalue weighted by Gasteiger charge is 2.09. The Labute approximate surface area is 102 Å². The van der Waals surface area contributed by atoms with E-state index in [1.54, 1.807) is 0 Å². The predicted molar refractivity (Wildman–Crippen MR) is 66.7 cm³/mol. The van der Waals surface area contributed by atoms with Crippen LogP contribution in [0, 0.1) is 0 Å². The molecule has 0 bridgehead atoms. The molecule has 18 heavy (non-hydrogen) atoms. The first-order chi connectivity index (χ1) is 8.74. The molecule has 2 aromatic heterocycles. The number of imidazole rings is 1. The molecular formula is C13H11N3O2. The highest BCUT2D eigenvalue weighted by Crippen LogP contribution is 2.19. The van der Waals surface area contributed by atoms with E-state index in [2.05, 4.69) is 15.0 Å². The molecule has 0 unspecified atom stereocenters. The van der Waals surface area contributed by atoms with Gasteiger partial charge < -0.3 is 15.1 Å². The van der Waals surface area contributed by atoms with Gasteiger partial charge in [-0.25, -0.2) is 9.78 Å². The molecule has 0 fully saturated rings. The number of H-pyrrole nitrogens is 2. The molecule has 2 heterocycles. The molecule has 3 N–H and O–H groups in total. The van der Waals surface area contributed by atoms with Crippen molar-refractivity contribution >= 4 is 16.9 Å². The number of hydrogen-bond donors (Lipinski definition) is 3. The van der Waals surface area contributed by atoms with Crippen LogP contribution < -0.4 is 0 Å². The standard InChI is InChI=1S/C13H11N3O2/c17-13(18)11-7-15-12(16-11)5-8-6-14-10-4-2-1-3-9(8)10/h1-4,6-7,14H,5H2,(H,15,16)(H,17,18). The zero-order valence-corrected chi connectivity index (χ0v) is 9.47. The van der Waals surface area contributed by atoms with E-state index < -0.39 is 5.97 Å². The lowest BCUT2D eigenvalue weighted by molar-refractivity contribution is 0.0691. The van der Waals surface area contributed by atoms with Crippen LogP contribution in [0.25, 0.3) is 10.9 Å². The summed E-state index contributed by atoms with van der Waals surface area (Å²) in [4.78, 5) is 20.8. The number of nitrogens with zero attached hydrogens (tertiary/aromatic N) is 1. The van der Waals surface area contributed by atoms with Gasteiger partial charge in [-0.15, -0.1) is 0 Å². The number of carboxylic acids is 1. The first-order valence-corrected chi connectivity index (χ1v) is 5.56. The number of aromatic carboxylic acids is 1. The summed E-state index contributed by atoms with van der Waals surface area (Å²) < 4.78 is 0. The number of carboxylic acid groups (broad SMARTS) is 1. The molecule has 0 saturated carbocycles. The van der Waals surface area contributed by atoms with Crippen molar-refractivity contribution in [3.8, 4) is 0 Å². The van der Waals surface area contributed by atoms with E-state index in [0.717, 1.165) is 16.5 Å². The minimum atomic E-state index is -0.993. The minimum absolute atomic E-state index is 0.116. The first-order valence-electron chi connectivity index (χ1n) is 5.56. The number of fused-ring (bicyclic) bond motifs is 1. The molecular weight excluding hydrogens is 230 g/mol. The maximum atomic E-state index is 10.8. The second-order valence-electron chi connectivity index (χ2n) is 4.08. The van der Waals surface area contributed by atoms with Crippen LogP contribution in [0.15, 0.2) is 36.7 Å². The van der Waals surface area contributed by atoms with Crippen molar-refractivity contribution in [3.05, 3.63) is 53.7 Å². The lowest BCUT2D eigenvalue weighted by atomic mass is 10.1. The Balaban J connectivity index is 1.93. The molecule has 5 nitrogen and oxygen atoms in total. The SMILES string of the molecule is O=C(O)c1cnc(Cc2c[nH]c3ccccc23)[nH]1. The van der Waals surface area contributed by atoms with E-state index >= 15 is 0 Å². The summed E-state index contributed by atoms with van der Waals surface area (Å²) in [7, 11) is 0. The van der Waals surface area contributed by atoms with Gasteiger partial charge in [0.1, 0.15) is 11.5 Å². The van der Waals surface area contributed by atoms with Crippen LogP contribution in [0.1, 0.15) is 21.9 Å². The number of carbonyl (C=O) groups is 1. The third-order valence-electron chi connectivity index (χ3n) is 2.89. The normalized spacial score (nSPS) is 10.9. The molecule has 90 valence electrons. The van der Waals surface area contributed by atoms with Gasteiger partial charge in [0.25, 0.3) is 0 Å². The highest BCUT2D eigenvalue weighted by molar-refractivity contribution is 5.85. The van der Waals surface area contributed by atoms with Gasteiger partial charge in [-0.2, -0.15) is 0 Å². The van der Waals surface area contributed by atoms with E-state index in [0.29, 0.717) is 12.2 Å². The van der Waals surface area contributed by atoms with Gasteiger partial charge in [0.15, 0.2) is 0 Å². The van der Waals surface area contributed by atoms with E-state index in [9.17, 15) is 4.79 Å². The molecule has 0 aliphatic rings. The Bertz CT molecular complexity index is 712. The molecule has 3 rings (SSSR count). The summed E-state index contributed by atoms with van der Waals surface area (Å²) in [5.74, 6) is -0.343. The fourth-order valence-corrected chi connectivity index (χ4v) is 2.02. The number of para-hydroxylation sites is 1. The molecule has 5 heteroatoms. The summed E-state index contributed by atoms with van der Waals surface area (Å²) in [5, 5.41) is 9.95. The monoisotopic (exact) mass is 241 g/mol. The van der Waals surface area contributed by atoms with Gasteiger partial charge in [-0.3, -0.25) is 0 Å². The van der Waals surface area contributed by atoms with Crippen LogP contribution in [0.2, 0.25) is 0 Å². The van der Waals surface area contributed by atoms with Crippen LogP contribution >= 0.6 is 0 Å². The van der Waals surface area contributed by atoms with Gasteiger partial charge in [0, 0.05) is 23.5 Å². The average molecular weight is 241 g/mol. The van der Waals surface area contributed by atoms with Crippen molar-refractivity contribution in [2.24, 2.45) is 0 Å². The van der Waals surface area contributed by atoms with Gasteiger partial charge >= 0.3 is 5.97 Å². The second-order valence-corrected chi connectivity index (χ2v) is 4.08. The molecule has 0 aliphatic carbocycles. The van der Waals surface area contributed by atoms with Gasteiger partial charge in [-0.1, -0.05) is 18.2 Å². The number of aromatic nitrogens is 3. The minimum Gasteiger partial charge on any atom is -0.477 e. The molecule has 0 radical (unpaired) electrons. The third kappa shape index (κ3) is 1.75. The van der Waals surface area contributed by atoms with Crippen LogP contribution in [0.5, 0.6) is 0 Å². The van der Waals surface area contributed by atoms with Crippen molar-refractivity contribution in [2.45, 2.75) is 6.42 Å². The maximum Gasteiger partial charge on any atom is 0.353 e. The summed E-state index contributed by atoms with van der Waals surface area (Å²) in [6, 6.07) is 7.98. The number of benzene rings is 1. The molecule has 1 aromatic carbocycles. The first kappa shape index (κ1) is 10.6. The Morgan fingerprint density at radius 3 is 2.94 bits per heavy atom. The highest BCUT2D eigenvalue weighted by atomic mass is 16.4. The summed E-state index contributed by atoms with van der Waals surface area (Å²) >= 11 is 0. The van der Waals surface area contributed by atoms with Gasteiger partial charge in [0.2, 0.25) is 0 Å². The fraction of sp³-hybridized carbons (Fsp3) is 0.0769. The third-order valence-corrected chi connectivity index (χ3v) is 2.89. The van der Waals surface area contributed by atoms with Crippen LogP contribution in [0.3, 0.4) is 0 Å². The number of rotatable bonds is 3. The van der Waals surface area contributed by atoms with Crippen LogP contribution in [0.4, 0.5) is 0 Å². The molecule has 0 spiro atoms. The predicted octanol–water partition coefficient (Wildman–Crippen LogP) is 2.18. The number of hydrogen-bond acceptors (Lipinski definition) is 2. The van der Waals surface area contributed by atoms with Crippen molar-refractivity contribution in [1.29, 1.82) is 0 Å². The van der Waals surface area contributed by atoms with E-state index in [-0.39, 0.29) is 5.69 Å². The molecule has 0 atom stereocenters.